The van der Waals surface area contributed by atoms with Crippen LogP contribution >= 0.6 is 15.9 Å². The molecule has 3 rings (SSSR count). The van der Waals surface area contributed by atoms with Crippen molar-refractivity contribution in [2.75, 3.05) is 6.61 Å². The lowest BCUT2D eigenvalue weighted by Crippen LogP contribution is -2.17. The Morgan fingerprint density at radius 2 is 2.15 bits per heavy atom. The number of pyridine rings is 1. The fraction of sp³-hybridized carbons (Fsp3) is 0.250. The molecular weight excluding hydrogens is 318 g/mol. The Labute approximate surface area is 126 Å². The lowest BCUT2D eigenvalue weighted by Gasteiger charge is -2.25. The fourth-order valence-corrected chi connectivity index (χ4v) is 3.02. The van der Waals surface area contributed by atoms with Crippen molar-refractivity contribution in [1.82, 2.24) is 4.98 Å². The number of nitrogens with zero attached hydrogens (tertiary/aromatic N) is 1. The molecule has 4 heteroatoms. The summed E-state index contributed by atoms with van der Waals surface area (Å²) < 4.78 is 6.38. The van der Waals surface area contributed by atoms with E-state index in [2.05, 4.69) is 20.9 Å². The second kappa shape index (κ2) is 5.75. The summed E-state index contributed by atoms with van der Waals surface area (Å²) in [5, 5.41) is 0. The number of Topliss-reactive ketones (excluding diaryl/α,β-unsaturated/α-hetero) is 1. The van der Waals surface area contributed by atoms with E-state index in [1.165, 1.54) is 0 Å². The van der Waals surface area contributed by atoms with Gasteiger partial charge in [0, 0.05) is 17.1 Å². The van der Waals surface area contributed by atoms with Crippen molar-refractivity contribution in [2.24, 2.45) is 0 Å². The van der Waals surface area contributed by atoms with Crippen LogP contribution < -0.4 is 4.74 Å². The minimum absolute atomic E-state index is 0.0687. The molecule has 0 bridgehead atoms. The molecule has 1 aliphatic heterocycles. The molecule has 2 heterocycles. The van der Waals surface area contributed by atoms with Crippen molar-refractivity contribution in [3.8, 4) is 5.75 Å². The minimum Gasteiger partial charge on any atom is -0.493 e. The first-order chi connectivity index (χ1) is 9.75. The molecule has 0 saturated carbocycles. The van der Waals surface area contributed by atoms with Crippen LogP contribution in [0.15, 0.2) is 47.1 Å². The zero-order valence-corrected chi connectivity index (χ0v) is 12.5. The van der Waals surface area contributed by atoms with Crippen LogP contribution in [0, 0.1) is 0 Å². The Hall–Kier alpha value is -1.68. The highest BCUT2D eigenvalue weighted by Crippen LogP contribution is 2.36. The number of benzene rings is 1. The molecule has 2 aromatic rings. The van der Waals surface area contributed by atoms with Crippen LogP contribution in [-0.2, 0) is 0 Å². The Bertz CT molecular complexity index is 642. The van der Waals surface area contributed by atoms with Gasteiger partial charge in [0.1, 0.15) is 11.4 Å². The van der Waals surface area contributed by atoms with E-state index in [4.69, 9.17) is 4.74 Å². The number of para-hydroxylation sites is 1. The summed E-state index contributed by atoms with van der Waals surface area (Å²) in [6, 6.07) is 11.6. The Balaban J connectivity index is 1.83. The summed E-state index contributed by atoms with van der Waals surface area (Å²) >= 11 is 3.39. The first-order valence-electron chi connectivity index (χ1n) is 6.61. The van der Waals surface area contributed by atoms with Gasteiger partial charge in [-0.1, -0.05) is 18.2 Å². The number of ether oxygens (including phenoxy) is 1. The molecule has 3 nitrogen and oxygen atoms in total. The monoisotopic (exact) mass is 331 g/mol. The maximum absolute atomic E-state index is 12.4. The molecule has 102 valence electrons. The smallest absolute Gasteiger partial charge is 0.182 e. The van der Waals surface area contributed by atoms with E-state index in [1.54, 1.807) is 6.20 Å². The number of hydrogen-bond acceptors (Lipinski definition) is 3. The third kappa shape index (κ3) is 2.61. The van der Waals surface area contributed by atoms with Crippen LogP contribution in [0.4, 0.5) is 0 Å². The molecule has 0 spiro atoms. The number of aromatic nitrogens is 1. The summed E-state index contributed by atoms with van der Waals surface area (Å²) in [5.74, 6) is 1.18. The maximum atomic E-state index is 12.4. The quantitative estimate of drug-likeness (QED) is 0.798. The summed E-state index contributed by atoms with van der Waals surface area (Å²) in [4.78, 5) is 16.6. The van der Waals surface area contributed by atoms with Crippen LogP contribution in [0.25, 0.3) is 0 Å². The molecule has 0 aliphatic carbocycles. The van der Waals surface area contributed by atoms with Crippen LogP contribution in [0.3, 0.4) is 0 Å². The Morgan fingerprint density at radius 3 is 3.00 bits per heavy atom. The molecule has 1 aromatic heterocycles. The van der Waals surface area contributed by atoms with Crippen molar-refractivity contribution in [3.05, 3.63) is 58.3 Å². The number of carbonyl (C=O) groups excluding carboxylic acids is 1. The van der Waals surface area contributed by atoms with Crippen molar-refractivity contribution in [3.63, 3.8) is 0 Å². The highest BCUT2D eigenvalue weighted by Gasteiger charge is 2.25. The molecule has 0 amide bonds. The standard InChI is InChI=1S/C16H14BrNO2/c17-13-5-3-8-18-16(13)14(19)10-11-7-9-20-15-6-2-1-4-12(11)15/h1-6,8,11H,7,9-10H2. The highest BCUT2D eigenvalue weighted by atomic mass is 79.9. The average molecular weight is 332 g/mol. The van der Waals surface area contributed by atoms with Crippen LogP contribution in [0.1, 0.15) is 34.8 Å². The lowest BCUT2D eigenvalue weighted by molar-refractivity contribution is 0.0960. The first-order valence-corrected chi connectivity index (χ1v) is 7.40. The third-order valence-electron chi connectivity index (χ3n) is 3.54. The number of carbonyl (C=O) groups is 1. The third-order valence-corrected chi connectivity index (χ3v) is 4.18. The van der Waals surface area contributed by atoms with Gasteiger partial charge >= 0.3 is 0 Å². The van der Waals surface area contributed by atoms with Crippen molar-refractivity contribution < 1.29 is 9.53 Å². The molecular formula is C16H14BrNO2. The van der Waals surface area contributed by atoms with Crippen molar-refractivity contribution >= 4 is 21.7 Å². The van der Waals surface area contributed by atoms with Crippen molar-refractivity contribution in [2.45, 2.75) is 18.8 Å². The van der Waals surface area contributed by atoms with Gasteiger partial charge in [0.05, 0.1) is 6.61 Å². The van der Waals surface area contributed by atoms with Gasteiger partial charge in [-0.15, -0.1) is 0 Å². The number of rotatable bonds is 3. The Morgan fingerprint density at radius 1 is 1.30 bits per heavy atom. The number of fused-ring (bicyclic) bond motifs is 1. The molecule has 0 fully saturated rings. The van der Waals surface area contributed by atoms with E-state index in [0.29, 0.717) is 18.7 Å². The number of halogens is 1. The molecule has 1 unspecified atom stereocenters. The maximum Gasteiger partial charge on any atom is 0.182 e. The van der Waals surface area contributed by atoms with Gasteiger partial charge in [-0.05, 0) is 52.0 Å². The van der Waals surface area contributed by atoms with Crippen LogP contribution in [-0.4, -0.2) is 17.4 Å². The zero-order chi connectivity index (χ0) is 13.9. The van der Waals surface area contributed by atoms with Gasteiger partial charge in [-0.25, -0.2) is 0 Å². The number of ketones is 1. The molecule has 20 heavy (non-hydrogen) atoms. The normalized spacial score (nSPS) is 17.1. The average Bonchev–Trinajstić information content (AvgIpc) is 2.48. The second-order valence-electron chi connectivity index (χ2n) is 4.83. The summed E-state index contributed by atoms with van der Waals surface area (Å²) in [5.41, 5.74) is 1.63. The highest BCUT2D eigenvalue weighted by molar-refractivity contribution is 9.10. The van der Waals surface area contributed by atoms with Crippen LogP contribution in [0.2, 0.25) is 0 Å². The minimum atomic E-state index is 0.0687. The van der Waals surface area contributed by atoms with Gasteiger partial charge in [0.15, 0.2) is 5.78 Å². The van der Waals surface area contributed by atoms with Gasteiger partial charge in [0.25, 0.3) is 0 Å². The van der Waals surface area contributed by atoms with E-state index >= 15 is 0 Å². The van der Waals surface area contributed by atoms with Gasteiger partial charge in [-0.2, -0.15) is 0 Å². The summed E-state index contributed by atoms with van der Waals surface area (Å²) in [7, 11) is 0. The van der Waals surface area contributed by atoms with E-state index in [1.807, 2.05) is 36.4 Å². The van der Waals surface area contributed by atoms with E-state index < -0.39 is 0 Å². The molecule has 1 aromatic carbocycles. The predicted octanol–water partition coefficient (Wildman–Crippen LogP) is 3.98. The molecule has 0 radical (unpaired) electrons. The van der Waals surface area contributed by atoms with E-state index in [9.17, 15) is 4.79 Å². The fourth-order valence-electron chi connectivity index (χ4n) is 2.54. The first kappa shape index (κ1) is 13.3. The lowest BCUT2D eigenvalue weighted by atomic mass is 9.88. The van der Waals surface area contributed by atoms with Crippen LogP contribution in [0.5, 0.6) is 5.75 Å². The molecule has 1 aliphatic rings. The van der Waals surface area contributed by atoms with E-state index in [0.717, 1.165) is 22.2 Å². The summed E-state index contributed by atoms with van der Waals surface area (Å²) in [6.45, 7) is 0.665. The number of hydrogen-bond donors (Lipinski definition) is 0. The second-order valence-corrected chi connectivity index (χ2v) is 5.69. The van der Waals surface area contributed by atoms with Gasteiger partial charge < -0.3 is 4.74 Å². The molecule has 0 saturated heterocycles. The predicted molar refractivity (Wildman–Crippen MR) is 80.2 cm³/mol. The van der Waals surface area contributed by atoms with Gasteiger partial charge in [-0.3, -0.25) is 9.78 Å². The van der Waals surface area contributed by atoms with Gasteiger partial charge in [0.2, 0.25) is 0 Å². The van der Waals surface area contributed by atoms with Crippen molar-refractivity contribution in [1.29, 1.82) is 0 Å². The largest absolute Gasteiger partial charge is 0.493 e. The topological polar surface area (TPSA) is 39.2 Å². The Kier molecular flexibility index (Phi) is 3.83. The SMILES string of the molecule is O=C(CC1CCOc2ccccc21)c1ncccc1Br. The molecule has 1 atom stereocenters. The summed E-state index contributed by atoms with van der Waals surface area (Å²) in [6.07, 6.45) is 2.99. The molecule has 0 N–H and O–H groups in total. The van der Waals surface area contributed by atoms with E-state index in [-0.39, 0.29) is 11.7 Å². The zero-order valence-electron chi connectivity index (χ0n) is 10.9.